The van der Waals surface area contributed by atoms with Crippen LogP contribution >= 0.6 is 0 Å². The lowest BCUT2D eigenvalue weighted by atomic mass is 9.58. The maximum atomic E-state index is 14.6. The Labute approximate surface area is 398 Å². The number of hydrogen-bond acceptors (Lipinski definition) is 11. The molecule has 0 radical (unpaired) electrons. The zero-order valence-electron chi connectivity index (χ0n) is 38.8. The number of amides is 2. The molecule has 0 bridgehead atoms. The van der Waals surface area contributed by atoms with Crippen molar-refractivity contribution in [3.63, 3.8) is 0 Å². The van der Waals surface area contributed by atoms with Gasteiger partial charge in [-0.1, -0.05) is 0 Å². The standard InChI is InChI=1S/C50H59F5N10O4/c1-29(66)64-19-15-42(40(28-64)47(58)65-18-3-4-30-20-38(32(26-57)27-59-2)39(46(51)52)22-44(30)65)60-34-13-16-49(17-14-34)23-37(24-49)69-45-12-11-43(62-63-45)48(67)61-33-6-9-35(10-7-33)68-36-8-5-31(25-56)41(21-36)50(53,54)55/h5,8,11-12,20-22,26-27,33-35,37,46,58,60,62-63H,3-4,6-7,9-10,13-19,23-24,28,57H2,1-2H3,(H,61,67)/b32-26+,58-47?,59-27?. The molecule has 2 aromatic carbocycles. The summed E-state index contributed by atoms with van der Waals surface area (Å²) in [5.74, 6) is 0.395. The number of rotatable bonds is 12. The minimum Gasteiger partial charge on any atom is -0.490 e. The number of nitriles is 1. The van der Waals surface area contributed by atoms with E-state index in [4.69, 9.17) is 20.5 Å². The molecule has 7 N–H and O–H groups in total. The van der Waals surface area contributed by atoms with Crippen molar-refractivity contribution >= 4 is 35.1 Å². The molecule has 8 rings (SSSR count). The monoisotopic (exact) mass is 958 g/mol. The zero-order valence-corrected chi connectivity index (χ0v) is 38.8. The number of carbonyl (C=O) groups is 2. The van der Waals surface area contributed by atoms with Crippen LogP contribution < -0.4 is 36.9 Å². The van der Waals surface area contributed by atoms with Crippen molar-refractivity contribution in [3.8, 4) is 11.8 Å². The number of fused-ring (bicyclic) bond motifs is 1. The smallest absolute Gasteiger partial charge is 0.417 e. The summed E-state index contributed by atoms with van der Waals surface area (Å²) in [6.45, 7) is 2.79. The maximum absolute atomic E-state index is 14.6. The molecular formula is C50H59F5N10O4. The molecule has 2 amide bonds. The van der Waals surface area contributed by atoms with Crippen molar-refractivity contribution < 1.29 is 41.0 Å². The minimum absolute atomic E-state index is 0.0121. The molecule has 14 nitrogen and oxygen atoms in total. The van der Waals surface area contributed by atoms with Gasteiger partial charge in [-0.05, 0) is 130 Å². The number of anilines is 1. The van der Waals surface area contributed by atoms with Crippen molar-refractivity contribution in [2.24, 2.45) is 16.1 Å². The number of benzene rings is 2. The van der Waals surface area contributed by atoms with Gasteiger partial charge in [0.25, 0.3) is 12.3 Å². The summed E-state index contributed by atoms with van der Waals surface area (Å²) in [6.07, 6.45) is 8.23. The molecule has 0 unspecified atom stereocenters. The molecule has 3 fully saturated rings. The summed E-state index contributed by atoms with van der Waals surface area (Å²) in [6, 6.07) is 8.19. The fourth-order valence-corrected chi connectivity index (χ4v) is 10.7. The Morgan fingerprint density at radius 1 is 1.00 bits per heavy atom. The number of ether oxygens (including phenoxy) is 2. The van der Waals surface area contributed by atoms with Crippen LogP contribution in [0.4, 0.5) is 27.6 Å². The first-order valence-corrected chi connectivity index (χ1v) is 23.7. The number of aliphatic imine (C=N–C) groups is 1. The van der Waals surface area contributed by atoms with Crippen molar-refractivity contribution in [2.75, 3.05) is 31.6 Å². The number of aryl methyl sites for hydroxylation is 1. The van der Waals surface area contributed by atoms with Gasteiger partial charge in [-0.25, -0.2) is 8.78 Å². The second-order valence-electron chi connectivity index (χ2n) is 18.9. The first-order valence-electron chi connectivity index (χ1n) is 23.7. The third kappa shape index (κ3) is 11.0. The van der Waals surface area contributed by atoms with E-state index in [2.05, 4.69) is 26.5 Å². The fourth-order valence-electron chi connectivity index (χ4n) is 10.7. The highest BCUT2D eigenvalue weighted by Crippen LogP contribution is 2.53. The number of nitrogens with one attached hydrogen (secondary N) is 5. The number of hydrazine groups is 1. The van der Waals surface area contributed by atoms with Gasteiger partial charge in [-0.2, -0.15) is 18.4 Å². The number of hydrogen-bond donors (Lipinski definition) is 6. The summed E-state index contributed by atoms with van der Waals surface area (Å²) < 4.78 is 81.5. The van der Waals surface area contributed by atoms with Crippen LogP contribution in [0.5, 0.6) is 5.75 Å². The lowest BCUT2D eigenvalue weighted by molar-refractivity contribution is -0.138. The Balaban J connectivity index is 0.820. The van der Waals surface area contributed by atoms with Gasteiger partial charge in [-0.15, -0.1) is 0 Å². The number of nitrogens with zero attached hydrogens (tertiary/aromatic N) is 4. The normalized spacial score (nSPS) is 25.1. The first-order chi connectivity index (χ1) is 33.1. The Kier molecular flexibility index (Phi) is 14.6. The second kappa shape index (κ2) is 20.6. The molecule has 19 heteroatoms. The molecule has 6 aliphatic rings. The molecule has 3 aliphatic heterocycles. The minimum atomic E-state index is -4.67. The van der Waals surface area contributed by atoms with E-state index in [-0.39, 0.29) is 65.2 Å². The van der Waals surface area contributed by atoms with E-state index in [1.807, 2.05) is 4.90 Å². The highest BCUT2D eigenvalue weighted by atomic mass is 19.4. The molecule has 3 aliphatic carbocycles. The predicted molar refractivity (Wildman–Crippen MR) is 251 cm³/mol. The number of halogens is 5. The number of allylic oxidation sites excluding steroid dienone is 3. The van der Waals surface area contributed by atoms with Gasteiger partial charge in [0.2, 0.25) is 11.8 Å². The maximum Gasteiger partial charge on any atom is 0.417 e. The highest BCUT2D eigenvalue weighted by Gasteiger charge is 2.48. The van der Waals surface area contributed by atoms with E-state index in [1.165, 1.54) is 31.5 Å². The van der Waals surface area contributed by atoms with E-state index < -0.39 is 23.7 Å². The van der Waals surface area contributed by atoms with Gasteiger partial charge in [0.05, 0.1) is 29.8 Å². The average Bonchev–Trinajstić information content (AvgIpc) is 3.33. The SMILES string of the molecule is CN=C/C(=C\N)c1cc2c(cc1C(F)F)N(C(=N)C1=C(NC3CCC4(CC3)CC(OC3=CC=C(C(=O)NC5CCC(Oc6ccc(C#N)c(C(F)(F)F)c6)CC5)NN3)C4)CCN(C(C)=O)C1)CCC2. The summed E-state index contributed by atoms with van der Waals surface area (Å²) in [5, 5.41) is 25.4. The molecule has 0 aromatic heterocycles. The molecule has 2 aromatic rings. The van der Waals surface area contributed by atoms with Gasteiger partial charge < -0.3 is 35.6 Å². The van der Waals surface area contributed by atoms with Gasteiger partial charge in [0.15, 0.2) is 0 Å². The van der Waals surface area contributed by atoms with Crippen LogP contribution in [0.1, 0.15) is 118 Å². The highest BCUT2D eigenvalue weighted by molar-refractivity contribution is 6.12. The number of amidine groups is 1. The molecule has 69 heavy (non-hydrogen) atoms. The van der Waals surface area contributed by atoms with Crippen molar-refractivity contribution in [1.82, 2.24) is 26.4 Å². The van der Waals surface area contributed by atoms with Gasteiger partial charge in [0, 0.05) is 92.2 Å². The van der Waals surface area contributed by atoms with E-state index in [0.29, 0.717) is 85.6 Å². The van der Waals surface area contributed by atoms with Crippen LogP contribution in [0, 0.1) is 22.2 Å². The molecule has 368 valence electrons. The molecule has 1 spiro atoms. The zero-order chi connectivity index (χ0) is 49.0. The van der Waals surface area contributed by atoms with E-state index in [9.17, 15) is 37.0 Å². The van der Waals surface area contributed by atoms with Crippen LogP contribution in [-0.4, -0.2) is 79.7 Å². The van der Waals surface area contributed by atoms with Crippen molar-refractivity contribution in [3.05, 3.63) is 99.4 Å². The quantitative estimate of drug-likeness (QED) is 0.0695. The second-order valence-corrected chi connectivity index (χ2v) is 18.9. The Hall–Kier alpha value is -6.58. The lowest BCUT2D eigenvalue weighted by Gasteiger charge is -2.51. The molecule has 0 saturated heterocycles. The van der Waals surface area contributed by atoms with Gasteiger partial charge in [0.1, 0.15) is 23.4 Å². The Bertz CT molecular complexity index is 2510. The van der Waals surface area contributed by atoms with E-state index >= 15 is 0 Å². The molecule has 0 atom stereocenters. The number of carbonyl (C=O) groups excluding carboxylic acids is 2. The Morgan fingerprint density at radius 2 is 1.75 bits per heavy atom. The van der Waals surface area contributed by atoms with Crippen molar-refractivity contribution in [2.45, 2.75) is 127 Å². The Morgan fingerprint density at radius 3 is 2.39 bits per heavy atom. The average molecular weight is 959 g/mol. The largest absolute Gasteiger partial charge is 0.490 e. The van der Waals surface area contributed by atoms with Crippen LogP contribution in [-0.2, 0) is 26.9 Å². The van der Waals surface area contributed by atoms with Gasteiger partial charge in [-0.3, -0.25) is 30.8 Å². The van der Waals surface area contributed by atoms with Crippen LogP contribution in [0.15, 0.2) is 76.5 Å². The number of nitrogens with two attached hydrogens (primary N) is 1. The third-order valence-corrected chi connectivity index (χ3v) is 14.4. The van der Waals surface area contributed by atoms with Crippen LogP contribution in [0.25, 0.3) is 5.57 Å². The molecule has 3 heterocycles. The summed E-state index contributed by atoms with van der Waals surface area (Å²) >= 11 is 0. The predicted octanol–water partition coefficient (Wildman–Crippen LogP) is 7.79. The van der Waals surface area contributed by atoms with E-state index in [0.717, 1.165) is 68.3 Å². The van der Waals surface area contributed by atoms with Crippen LogP contribution in [0.2, 0.25) is 0 Å². The topological polar surface area (TPSA) is 193 Å². The fraction of sp³-hybridized carbons (Fsp3) is 0.500. The number of alkyl halides is 5. The summed E-state index contributed by atoms with van der Waals surface area (Å²) in [7, 11) is 1.56. The third-order valence-electron chi connectivity index (χ3n) is 14.4. The molecule has 3 saturated carbocycles. The van der Waals surface area contributed by atoms with Crippen LogP contribution in [0.3, 0.4) is 0 Å². The molecular weight excluding hydrogens is 900 g/mol. The lowest BCUT2D eigenvalue weighted by Crippen LogP contribution is -2.50. The van der Waals surface area contributed by atoms with Crippen molar-refractivity contribution in [1.29, 1.82) is 10.7 Å². The summed E-state index contributed by atoms with van der Waals surface area (Å²) in [4.78, 5) is 33.3. The van der Waals surface area contributed by atoms with Gasteiger partial charge >= 0.3 is 6.18 Å². The first kappa shape index (κ1) is 48.9. The van der Waals surface area contributed by atoms with E-state index in [1.54, 1.807) is 36.2 Å². The summed E-state index contributed by atoms with van der Waals surface area (Å²) in [5.41, 5.74) is 14.3.